The second kappa shape index (κ2) is 1.67. The van der Waals surface area contributed by atoms with Crippen LogP contribution in [0, 0.1) is 0 Å². The summed E-state index contributed by atoms with van der Waals surface area (Å²) in [6.45, 7) is 2.95. The van der Waals surface area contributed by atoms with E-state index < -0.39 is 5.34 Å². The van der Waals surface area contributed by atoms with E-state index in [4.69, 9.17) is 5.11 Å². The first-order chi connectivity index (χ1) is 2.56. The molecule has 0 saturated heterocycles. The summed E-state index contributed by atoms with van der Waals surface area (Å²) in [4.78, 5) is 0. The van der Waals surface area contributed by atoms with E-state index in [9.17, 15) is 4.57 Å². The molecule has 2 nitrogen and oxygen atoms in total. The number of aliphatic hydroxyl groups is 1. The maximum Gasteiger partial charge on any atom is 0.189 e. The van der Waals surface area contributed by atoms with Gasteiger partial charge in [-0.15, -0.1) is 0 Å². The number of hydrogen-bond acceptors (Lipinski definition) is 2. The van der Waals surface area contributed by atoms with Gasteiger partial charge >= 0.3 is 0 Å². The molecule has 0 unspecified atom stereocenters. The van der Waals surface area contributed by atoms with Crippen LogP contribution in [0.1, 0.15) is 13.8 Å². The minimum Gasteiger partial charge on any atom is -0.378 e. The van der Waals surface area contributed by atoms with Crippen LogP contribution in [0.25, 0.3) is 0 Å². The Bertz CT molecular complexity index is 54.3. The molecular formula is C3H7O2P. The molecule has 1 N–H and O–H groups in total. The molecule has 0 bridgehead atoms. The van der Waals surface area contributed by atoms with Gasteiger partial charge in [0.2, 0.25) is 0 Å². The van der Waals surface area contributed by atoms with E-state index in [-0.39, 0.29) is 8.46 Å². The molecular weight excluding hydrogens is 99.0 g/mol. The van der Waals surface area contributed by atoms with Crippen molar-refractivity contribution in [1.29, 1.82) is 0 Å². The summed E-state index contributed by atoms with van der Waals surface area (Å²) in [5, 5.41) is 7.46. The average molecular weight is 106 g/mol. The van der Waals surface area contributed by atoms with Crippen molar-refractivity contribution in [3.8, 4) is 0 Å². The van der Waals surface area contributed by atoms with Crippen LogP contribution in [0.15, 0.2) is 0 Å². The van der Waals surface area contributed by atoms with Crippen LogP contribution in [0.4, 0.5) is 0 Å². The molecule has 0 aromatic heterocycles. The largest absolute Gasteiger partial charge is 0.378 e. The van der Waals surface area contributed by atoms with E-state index in [0.717, 1.165) is 0 Å². The Morgan fingerprint density at radius 3 is 1.83 bits per heavy atom. The molecule has 0 aliphatic carbocycles. The molecule has 0 aliphatic heterocycles. The highest BCUT2D eigenvalue weighted by Gasteiger charge is 2.09. The Morgan fingerprint density at radius 2 is 1.83 bits per heavy atom. The van der Waals surface area contributed by atoms with Crippen molar-refractivity contribution in [2.75, 3.05) is 0 Å². The zero-order chi connectivity index (χ0) is 5.21. The summed E-state index contributed by atoms with van der Waals surface area (Å²) in [6.07, 6.45) is 0. The van der Waals surface area contributed by atoms with Gasteiger partial charge in [0.05, 0.1) is 0 Å². The normalized spacial score (nSPS) is 12.5. The highest BCUT2D eigenvalue weighted by Crippen LogP contribution is 2.15. The zero-order valence-electron chi connectivity index (χ0n) is 3.80. The molecule has 0 radical (unpaired) electrons. The summed E-state index contributed by atoms with van der Waals surface area (Å²) in [5.41, 5.74) is 0. The fourth-order valence-electron chi connectivity index (χ4n) is 0. The quantitative estimate of drug-likeness (QED) is 0.506. The van der Waals surface area contributed by atoms with E-state index in [0.29, 0.717) is 0 Å². The Labute approximate surface area is 38.4 Å². The second-order valence-corrected chi connectivity index (χ2v) is 2.86. The Kier molecular flexibility index (Phi) is 1.69. The lowest BCUT2D eigenvalue weighted by Crippen LogP contribution is -2.05. The lowest BCUT2D eigenvalue weighted by Gasteiger charge is -2.01. The second-order valence-electron chi connectivity index (χ2n) is 1.59. The molecule has 36 valence electrons. The van der Waals surface area contributed by atoms with Gasteiger partial charge in [0.25, 0.3) is 0 Å². The van der Waals surface area contributed by atoms with E-state index >= 15 is 0 Å². The van der Waals surface area contributed by atoms with Gasteiger partial charge in [-0.05, 0) is 13.8 Å². The fourth-order valence-corrected chi connectivity index (χ4v) is 0. The first kappa shape index (κ1) is 6.06. The SMILES string of the molecule is CC(C)(O)P=O. The van der Waals surface area contributed by atoms with E-state index in [1.165, 1.54) is 13.8 Å². The molecule has 0 saturated carbocycles. The monoisotopic (exact) mass is 106 g/mol. The predicted molar refractivity (Wildman–Crippen MR) is 23.9 cm³/mol. The van der Waals surface area contributed by atoms with Crippen LogP contribution in [0.2, 0.25) is 0 Å². The molecule has 0 spiro atoms. The van der Waals surface area contributed by atoms with E-state index in [2.05, 4.69) is 0 Å². The lowest BCUT2D eigenvalue weighted by atomic mass is 10.5. The third-order valence-corrected chi connectivity index (χ3v) is 0.670. The van der Waals surface area contributed by atoms with Crippen LogP contribution < -0.4 is 0 Å². The highest BCUT2D eigenvalue weighted by molar-refractivity contribution is 7.25. The van der Waals surface area contributed by atoms with Crippen molar-refractivity contribution in [2.45, 2.75) is 19.2 Å². The Hall–Kier alpha value is 0.0600. The molecule has 6 heavy (non-hydrogen) atoms. The van der Waals surface area contributed by atoms with Crippen molar-refractivity contribution in [3.05, 3.63) is 0 Å². The predicted octanol–water partition coefficient (Wildman–Crippen LogP) is 1.01. The smallest absolute Gasteiger partial charge is 0.189 e. The van der Waals surface area contributed by atoms with Crippen LogP contribution in [0.5, 0.6) is 0 Å². The van der Waals surface area contributed by atoms with Crippen molar-refractivity contribution < 1.29 is 9.67 Å². The molecule has 0 amide bonds. The van der Waals surface area contributed by atoms with Gasteiger partial charge in [0.1, 0.15) is 5.34 Å². The van der Waals surface area contributed by atoms with Gasteiger partial charge in [-0.2, -0.15) is 0 Å². The van der Waals surface area contributed by atoms with E-state index in [1.54, 1.807) is 0 Å². The molecule has 0 heterocycles. The van der Waals surface area contributed by atoms with Gasteiger partial charge in [-0.3, -0.25) is 4.57 Å². The summed E-state index contributed by atoms with van der Waals surface area (Å²) in [5.74, 6) is 0. The van der Waals surface area contributed by atoms with Gasteiger partial charge in [-0.1, -0.05) is 0 Å². The average Bonchev–Trinajstić information content (AvgIpc) is 1.35. The standard InChI is InChI=1S/C3H7O2P/c1-3(2,4)6-5/h4H,1-2H3. The summed E-state index contributed by atoms with van der Waals surface area (Å²) >= 11 is 0. The number of rotatable bonds is 1. The van der Waals surface area contributed by atoms with Crippen molar-refractivity contribution in [2.24, 2.45) is 0 Å². The number of hydrogen-bond donors (Lipinski definition) is 1. The first-order valence-electron chi connectivity index (χ1n) is 1.63. The maximum absolute atomic E-state index is 9.67. The minimum absolute atomic E-state index is 0.220. The molecule has 0 aromatic rings. The topological polar surface area (TPSA) is 37.3 Å². The third-order valence-electron chi connectivity index (χ3n) is 0.223. The summed E-state index contributed by atoms with van der Waals surface area (Å²) in [6, 6.07) is 0. The van der Waals surface area contributed by atoms with Crippen molar-refractivity contribution in [1.82, 2.24) is 0 Å². The molecule has 0 rings (SSSR count). The fraction of sp³-hybridized carbons (Fsp3) is 1.00. The summed E-state index contributed by atoms with van der Waals surface area (Å²) in [7, 11) is -0.220. The lowest BCUT2D eigenvalue weighted by molar-refractivity contribution is 0.171. The van der Waals surface area contributed by atoms with Gasteiger partial charge in [0.15, 0.2) is 8.46 Å². The molecule has 0 atom stereocenters. The highest BCUT2D eigenvalue weighted by atomic mass is 31.1. The van der Waals surface area contributed by atoms with Crippen LogP contribution in [-0.2, 0) is 4.57 Å². The third kappa shape index (κ3) is 4.06. The first-order valence-corrected chi connectivity index (χ1v) is 2.44. The van der Waals surface area contributed by atoms with Crippen LogP contribution >= 0.6 is 8.46 Å². The van der Waals surface area contributed by atoms with Crippen LogP contribution in [-0.4, -0.2) is 10.4 Å². The Morgan fingerprint density at radius 1 is 1.67 bits per heavy atom. The molecule has 0 fully saturated rings. The Balaban J connectivity index is 3.45. The maximum atomic E-state index is 9.67. The van der Waals surface area contributed by atoms with E-state index in [1.807, 2.05) is 0 Å². The molecule has 0 aromatic carbocycles. The van der Waals surface area contributed by atoms with Crippen LogP contribution in [0.3, 0.4) is 0 Å². The minimum atomic E-state index is -1.04. The van der Waals surface area contributed by atoms with Crippen molar-refractivity contribution >= 4 is 8.46 Å². The van der Waals surface area contributed by atoms with Gasteiger partial charge < -0.3 is 5.11 Å². The summed E-state index contributed by atoms with van der Waals surface area (Å²) < 4.78 is 9.67. The molecule has 3 heteroatoms. The van der Waals surface area contributed by atoms with Crippen molar-refractivity contribution in [3.63, 3.8) is 0 Å². The molecule has 0 aliphatic rings. The van der Waals surface area contributed by atoms with Gasteiger partial charge in [-0.25, -0.2) is 0 Å². The van der Waals surface area contributed by atoms with Gasteiger partial charge in [0, 0.05) is 0 Å². The zero-order valence-corrected chi connectivity index (χ0v) is 4.70.